The number of hydrogen-bond donors (Lipinski definition) is 1. The van der Waals surface area contributed by atoms with Gasteiger partial charge in [0.05, 0.1) is 7.11 Å². The van der Waals surface area contributed by atoms with Crippen molar-refractivity contribution in [1.29, 1.82) is 0 Å². The summed E-state index contributed by atoms with van der Waals surface area (Å²) < 4.78 is 10.2. The molecule has 0 aromatic heterocycles. The van der Waals surface area contributed by atoms with Crippen LogP contribution < -0.4 is 15.9 Å². The summed E-state index contributed by atoms with van der Waals surface area (Å²) in [5.41, 5.74) is -0.677. The van der Waals surface area contributed by atoms with Gasteiger partial charge in [0.2, 0.25) is 0 Å². The SMILES string of the molecule is COC(=O)[C@H](CP(=S)(c1ccccc1)c1ccccc1)NC(=O)OC(C)(C)C. The smallest absolute Gasteiger partial charge is 0.408 e. The van der Waals surface area contributed by atoms with Gasteiger partial charge in [-0.05, 0) is 31.4 Å². The van der Waals surface area contributed by atoms with E-state index in [9.17, 15) is 9.59 Å². The predicted molar refractivity (Wildman–Crippen MR) is 116 cm³/mol. The highest BCUT2D eigenvalue weighted by atomic mass is 32.4. The van der Waals surface area contributed by atoms with E-state index in [1.54, 1.807) is 20.8 Å². The molecule has 150 valence electrons. The summed E-state index contributed by atoms with van der Waals surface area (Å²) in [7, 11) is 1.29. The lowest BCUT2D eigenvalue weighted by molar-refractivity contribution is -0.142. The molecule has 0 bridgehead atoms. The van der Waals surface area contributed by atoms with Gasteiger partial charge in [0, 0.05) is 12.2 Å². The first-order valence-corrected chi connectivity index (χ1v) is 11.9. The maximum Gasteiger partial charge on any atom is 0.408 e. The van der Waals surface area contributed by atoms with Crippen molar-refractivity contribution in [2.45, 2.75) is 32.4 Å². The number of ether oxygens (including phenoxy) is 2. The van der Waals surface area contributed by atoms with Gasteiger partial charge in [-0.2, -0.15) is 0 Å². The highest BCUT2D eigenvalue weighted by Crippen LogP contribution is 2.44. The molecular weight excluding hydrogens is 393 g/mol. The first kappa shape index (κ1) is 22.1. The highest BCUT2D eigenvalue weighted by Gasteiger charge is 2.33. The number of amides is 1. The van der Waals surface area contributed by atoms with Crippen LogP contribution in [-0.4, -0.2) is 37.0 Å². The minimum Gasteiger partial charge on any atom is -0.467 e. The van der Waals surface area contributed by atoms with Crippen molar-refractivity contribution in [3.8, 4) is 0 Å². The van der Waals surface area contributed by atoms with Crippen LogP contribution in [0.1, 0.15) is 20.8 Å². The topological polar surface area (TPSA) is 64.6 Å². The number of rotatable bonds is 6. The standard InChI is InChI=1S/C21H26NO4PS/c1-21(2,3)26-20(24)22-18(19(23)25-4)15-27(28,16-11-7-5-8-12-16)17-13-9-6-10-14-17/h5-14,18H,15H2,1-4H3,(H,22,24)/t18-/m0/s1. The van der Waals surface area contributed by atoms with E-state index in [1.807, 2.05) is 60.7 Å². The van der Waals surface area contributed by atoms with Crippen molar-refractivity contribution in [3.63, 3.8) is 0 Å². The van der Waals surface area contributed by atoms with Crippen LogP contribution in [0.5, 0.6) is 0 Å². The first-order chi connectivity index (χ1) is 13.2. The Morgan fingerprint density at radius 3 is 1.86 bits per heavy atom. The third kappa shape index (κ3) is 5.91. The van der Waals surface area contributed by atoms with E-state index in [-0.39, 0.29) is 6.16 Å². The fourth-order valence-corrected chi connectivity index (χ4v) is 6.69. The molecule has 28 heavy (non-hydrogen) atoms. The zero-order chi connectivity index (χ0) is 20.8. The first-order valence-electron chi connectivity index (χ1n) is 8.93. The van der Waals surface area contributed by atoms with Crippen LogP contribution in [0.3, 0.4) is 0 Å². The van der Waals surface area contributed by atoms with Crippen molar-refractivity contribution >= 4 is 40.5 Å². The summed E-state index contributed by atoms with van der Waals surface area (Å²) in [5, 5.41) is 4.58. The van der Waals surface area contributed by atoms with Crippen molar-refractivity contribution in [2.75, 3.05) is 13.3 Å². The maximum atomic E-state index is 12.4. The molecule has 2 rings (SSSR count). The van der Waals surface area contributed by atoms with Crippen LogP contribution in [0.4, 0.5) is 4.79 Å². The fraction of sp³-hybridized carbons (Fsp3) is 0.333. The largest absolute Gasteiger partial charge is 0.467 e. The van der Waals surface area contributed by atoms with Crippen LogP contribution in [0.25, 0.3) is 0 Å². The van der Waals surface area contributed by atoms with Gasteiger partial charge in [-0.3, -0.25) is 0 Å². The highest BCUT2D eigenvalue weighted by molar-refractivity contribution is 8.22. The van der Waals surface area contributed by atoms with Crippen molar-refractivity contribution in [2.24, 2.45) is 0 Å². The molecule has 0 aliphatic rings. The summed E-state index contributed by atoms with van der Waals surface area (Å²) >= 11 is 6.15. The van der Waals surface area contributed by atoms with Crippen LogP contribution in [0.15, 0.2) is 60.7 Å². The molecule has 0 aliphatic heterocycles. The van der Waals surface area contributed by atoms with Gasteiger partial charge in [-0.25, -0.2) is 9.59 Å². The lowest BCUT2D eigenvalue weighted by Gasteiger charge is -2.28. The van der Waals surface area contributed by atoms with Crippen molar-refractivity contribution in [3.05, 3.63) is 60.7 Å². The molecule has 1 amide bonds. The second kappa shape index (κ2) is 9.35. The van der Waals surface area contributed by atoms with Gasteiger partial charge in [-0.15, -0.1) is 0 Å². The summed E-state index contributed by atoms with van der Waals surface area (Å²) in [6.07, 6.45) is -0.423. The van der Waals surface area contributed by atoms with E-state index < -0.39 is 29.7 Å². The van der Waals surface area contributed by atoms with E-state index >= 15 is 0 Å². The molecule has 5 nitrogen and oxygen atoms in total. The zero-order valence-corrected chi connectivity index (χ0v) is 18.3. The molecule has 0 spiro atoms. The van der Waals surface area contributed by atoms with Gasteiger partial charge in [0.15, 0.2) is 0 Å². The zero-order valence-electron chi connectivity index (χ0n) is 16.5. The molecule has 7 heteroatoms. The molecule has 2 aromatic carbocycles. The lowest BCUT2D eigenvalue weighted by Crippen LogP contribution is -2.47. The van der Waals surface area contributed by atoms with Crippen molar-refractivity contribution in [1.82, 2.24) is 5.32 Å². The number of carbonyl (C=O) groups is 2. The van der Waals surface area contributed by atoms with Crippen LogP contribution >= 0.6 is 6.04 Å². The Labute approximate surface area is 171 Å². The molecule has 0 saturated heterocycles. The Kier molecular flexibility index (Phi) is 7.39. The number of hydrogen-bond acceptors (Lipinski definition) is 5. The normalized spacial score (nSPS) is 12.7. The van der Waals surface area contributed by atoms with Gasteiger partial charge >= 0.3 is 12.1 Å². The average Bonchev–Trinajstić information content (AvgIpc) is 2.66. The second-order valence-electron chi connectivity index (χ2n) is 7.32. The Morgan fingerprint density at radius 2 is 1.46 bits per heavy atom. The summed E-state index contributed by atoms with van der Waals surface area (Å²) in [6, 6.07) is 16.1. The lowest BCUT2D eigenvalue weighted by atomic mass is 10.2. The monoisotopic (exact) mass is 419 g/mol. The Balaban J connectivity index is 2.40. The number of methoxy groups -OCH3 is 1. The molecule has 0 aliphatic carbocycles. The van der Waals surface area contributed by atoms with E-state index in [1.165, 1.54) is 7.11 Å². The molecule has 0 radical (unpaired) electrons. The summed E-state index contributed by atoms with van der Waals surface area (Å²) in [5.74, 6) is -0.549. The fourth-order valence-electron chi connectivity index (χ4n) is 2.73. The maximum absolute atomic E-state index is 12.4. The predicted octanol–water partition coefficient (Wildman–Crippen LogP) is 3.18. The molecule has 1 N–H and O–H groups in total. The van der Waals surface area contributed by atoms with E-state index in [0.717, 1.165) is 10.6 Å². The van der Waals surface area contributed by atoms with E-state index in [0.29, 0.717) is 0 Å². The average molecular weight is 419 g/mol. The minimum atomic E-state index is -2.39. The Morgan fingerprint density at radius 1 is 1.00 bits per heavy atom. The number of esters is 1. The minimum absolute atomic E-state index is 0.252. The molecule has 0 heterocycles. The van der Waals surface area contributed by atoms with Gasteiger partial charge in [-0.1, -0.05) is 72.5 Å². The number of benzene rings is 2. The molecule has 0 fully saturated rings. The quantitative estimate of drug-likeness (QED) is 0.576. The third-order valence-electron chi connectivity index (χ3n) is 3.96. The molecule has 2 aromatic rings. The van der Waals surface area contributed by atoms with Crippen LogP contribution in [0.2, 0.25) is 0 Å². The number of carbonyl (C=O) groups excluding carboxylic acids is 2. The third-order valence-corrected chi connectivity index (χ3v) is 8.82. The molecular formula is C21H26NO4PS. The summed E-state index contributed by atoms with van der Waals surface area (Å²) in [6.45, 7) is 5.29. The molecule has 1 atom stereocenters. The van der Waals surface area contributed by atoms with Crippen LogP contribution in [0, 0.1) is 0 Å². The Bertz CT molecular complexity index is 806. The Hall–Kier alpha value is -2.17. The summed E-state index contributed by atoms with van der Waals surface area (Å²) in [4.78, 5) is 24.7. The van der Waals surface area contributed by atoms with Gasteiger partial charge in [0.1, 0.15) is 11.6 Å². The van der Waals surface area contributed by atoms with E-state index in [2.05, 4.69) is 5.32 Å². The van der Waals surface area contributed by atoms with Crippen molar-refractivity contribution < 1.29 is 19.1 Å². The molecule has 0 saturated carbocycles. The van der Waals surface area contributed by atoms with E-state index in [4.69, 9.17) is 21.3 Å². The second-order valence-corrected chi connectivity index (χ2v) is 12.1. The van der Waals surface area contributed by atoms with Gasteiger partial charge < -0.3 is 14.8 Å². The number of nitrogens with one attached hydrogen (secondary N) is 1. The number of alkyl carbamates (subject to hydrolysis) is 1. The molecule has 0 unspecified atom stereocenters. The van der Waals surface area contributed by atoms with Crippen LogP contribution in [-0.2, 0) is 26.1 Å². The van der Waals surface area contributed by atoms with Gasteiger partial charge in [0.25, 0.3) is 0 Å².